The van der Waals surface area contributed by atoms with Crippen LogP contribution in [0.25, 0.3) is 0 Å². The molecule has 22 heavy (non-hydrogen) atoms. The summed E-state index contributed by atoms with van der Waals surface area (Å²) in [5.41, 5.74) is 0. The highest BCUT2D eigenvalue weighted by molar-refractivity contribution is 5.69. The first-order chi connectivity index (χ1) is 10.7. The van der Waals surface area contributed by atoms with Gasteiger partial charge in [0.05, 0.1) is 6.61 Å². The van der Waals surface area contributed by atoms with E-state index in [0.717, 1.165) is 25.7 Å². The first kappa shape index (κ1) is 21.1. The minimum atomic E-state index is -0.959. The van der Waals surface area contributed by atoms with Crippen LogP contribution in [0, 0.1) is 0 Å². The van der Waals surface area contributed by atoms with E-state index >= 15 is 0 Å². The normalized spacial score (nSPS) is 12.7. The standard InChI is InChI=1S/C18H34O4/c1-2-3-4-5-6-7-8-9-10-11-12-13-14-18(21)22-16-17(20)15-19/h6-7,17,19-20H,2-5,8-16H2,1H3/b7-6-/t17-/m1/s1. The van der Waals surface area contributed by atoms with Crippen LogP contribution in [0.1, 0.15) is 77.6 Å². The highest BCUT2D eigenvalue weighted by Crippen LogP contribution is 2.09. The van der Waals surface area contributed by atoms with Gasteiger partial charge in [-0.05, 0) is 32.1 Å². The zero-order chi connectivity index (χ0) is 16.5. The van der Waals surface area contributed by atoms with Crippen molar-refractivity contribution in [1.29, 1.82) is 0 Å². The van der Waals surface area contributed by atoms with Crippen molar-refractivity contribution in [2.45, 2.75) is 83.7 Å². The summed E-state index contributed by atoms with van der Waals surface area (Å²) < 4.78 is 4.84. The minimum Gasteiger partial charge on any atom is -0.463 e. The molecule has 0 aliphatic heterocycles. The van der Waals surface area contributed by atoms with Crippen LogP contribution >= 0.6 is 0 Å². The van der Waals surface area contributed by atoms with E-state index in [1.54, 1.807) is 0 Å². The first-order valence-corrected chi connectivity index (χ1v) is 8.80. The number of rotatable bonds is 15. The number of hydrogen-bond acceptors (Lipinski definition) is 4. The Hall–Kier alpha value is -0.870. The number of allylic oxidation sites excluding steroid dienone is 2. The van der Waals surface area contributed by atoms with Crippen molar-refractivity contribution in [3.05, 3.63) is 12.2 Å². The maximum atomic E-state index is 11.3. The highest BCUT2D eigenvalue weighted by Gasteiger charge is 2.07. The lowest BCUT2D eigenvalue weighted by atomic mass is 10.1. The van der Waals surface area contributed by atoms with Gasteiger partial charge in [0.1, 0.15) is 12.7 Å². The van der Waals surface area contributed by atoms with E-state index < -0.39 is 6.10 Å². The van der Waals surface area contributed by atoms with Crippen molar-refractivity contribution in [2.24, 2.45) is 0 Å². The molecule has 0 aromatic heterocycles. The lowest BCUT2D eigenvalue weighted by molar-refractivity contribution is -0.147. The van der Waals surface area contributed by atoms with Crippen molar-refractivity contribution in [1.82, 2.24) is 0 Å². The van der Waals surface area contributed by atoms with Crippen LogP contribution in [0.5, 0.6) is 0 Å². The molecule has 0 heterocycles. The summed E-state index contributed by atoms with van der Waals surface area (Å²) in [4.78, 5) is 11.3. The maximum absolute atomic E-state index is 11.3. The molecule has 0 bridgehead atoms. The van der Waals surface area contributed by atoms with Crippen LogP contribution in [0.15, 0.2) is 12.2 Å². The lowest BCUT2D eigenvalue weighted by Crippen LogP contribution is -2.21. The van der Waals surface area contributed by atoms with Gasteiger partial charge in [0, 0.05) is 6.42 Å². The monoisotopic (exact) mass is 314 g/mol. The number of carbonyl (C=O) groups is 1. The summed E-state index contributed by atoms with van der Waals surface area (Å²) in [6.07, 6.45) is 15.8. The average Bonchev–Trinajstić information content (AvgIpc) is 2.53. The van der Waals surface area contributed by atoms with Crippen LogP contribution < -0.4 is 0 Å². The number of aliphatic hydroxyl groups is 2. The Morgan fingerprint density at radius 2 is 1.59 bits per heavy atom. The summed E-state index contributed by atoms with van der Waals surface area (Å²) in [5.74, 6) is -0.289. The predicted octanol–water partition coefficient (Wildman–Crippen LogP) is 3.75. The van der Waals surface area contributed by atoms with Crippen molar-refractivity contribution in [3.63, 3.8) is 0 Å². The van der Waals surface area contributed by atoms with Crippen LogP contribution in [0.4, 0.5) is 0 Å². The molecule has 0 aliphatic rings. The van der Waals surface area contributed by atoms with Crippen molar-refractivity contribution >= 4 is 5.97 Å². The number of unbranched alkanes of at least 4 members (excludes halogenated alkanes) is 8. The quantitative estimate of drug-likeness (QED) is 0.274. The second kappa shape index (κ2) is 16.5. The molecule has 0 rings (SSSR count). The number of hydrogen-bond donors (Lipinski definition) is 2. The third kappa shape index (κ3) is 15.5. The van der Waals surface area contributed by atoms with Gasteiger partial charge in [0.2, 0.25) is 0 Å². The fourth-order valence-corrected chi connectivity index (χ4v) is 2.12. The zero-order valence-electron chi connectivity index (χ0n) is 14.1. The Bertz CT molecular complexity index is 276. The van der Waals surface area contributed by atoms with Gasteiger partial charge >= 0.3 is 5.97 Å². The van der Waals surface area contributed by atoms with Crippen LogP contribution in [-0.4, -0.2) is 35.5 Å². The van der Waals surface area contributed by atoms with Gasteiger partial charge in [-0.3, -0.25) is 4.79 Å². The largest absolute Gasteiger partial charge is 0.463 e. The second-order valence-electron chi connectivity index (χ2n) is 5.79. The molecule has 0 saturated heterocycles. The molecular formula is C18H34O4. The summed E-state index contributed by atoms with van der Waals surface area (Å²) in [5, 5.41) is 17.6. The SMILES string of the molecule is CCCCC/C=C\CCCCCCCC(=O)OC[C@H](O)CO. The van der Waals surface area contributed by atoms with Crippen LogP contribution in [0.2, 0.25) is 0 Å². The van der Waals surface area contributed by atoms with Crippen molar-refractivity contribution in [2.75, 3.05) is 13.2 Å². The lowest BCUT2D eigenvalue weighted by Gasteiger charge is -2.08. The number of esters is 1. The summed E-state index contributed by atoms with van der Waals surface area (Å²) in [6, 6.07) is 0. The smallest absolute Gasteiger partial charge is 0.305 e. The number of ether oxygens (including phenoxy) is 1. The zero-order valence-corrected chi connectivity index (χ0v) is 14.1. The molecule has 0 unspecified atom stereocenters. The molecule has 0 aromatic rings. The van der Waals surface area contributed by atoms with Gasteiger partial charge in [-0.1, -0.05) is 51.2 Å². The molecule has 0 saturated carbocycles. The number of carbonyl (C=O) groups excluding carboxylic acids is 1. The van der Waals surface area contributed by atoms with Crippen molar-refractivity contribution in [3.8, 4) is 0 Å². The third-order valence-electron chi connectivity index (χ3n) is 3.54. The second-order valence-corrected chi connectivity index (χ2v) is 5.79. The van der Waals surface area contributed by atoms with E-state index in [-0.39, 0.29) is 19.2 Å². The number of aliphatic hydroxyl groups excluding tert-OH is 2. The van der Waals surface area contributed by atoms with Gasteiger partial charge in [-0.25, -0.2) is 0 Å². The Morgan fingerprint density at radius 1 is 1.00 bits per heavy atom. The molecule has 4 heteroatoms. The summed E-state index contributed by atoms with van der Waals surface area (Å²) >= 11 is 0. The van der Waals surface area contributed by atoms with Crippen LogP contribution in [0.3, 0.4) is 0 Å². The first-order valence-electron chi connectivity index (χ1n) is 8.80. The summed E-state index contributed by atoms with van der Waals surface area (Å²) in [7, 11) is 0. The Balaban J connectivity index is 3.24. The molecule has 0 radical (unpaired) electrons. The minimum absolute atomic E-state index is 0.111. The third-order valence-corrected chi connectivity index (χ3v) is 3.54. The van der Waals surface area contributed by atoms with Crippen molar-refractivity contribution < 1.29 is 19.7 Å². The molecule has 0 spiro atoms. The van der Waals surface area contributed by atoms with E-state index in [1.807, 2.05) is 0 Å². The molecule has 0 aliphatic carbocycles. The van der Waals surface area contributed by atoms with Gasteiger partial charge in [-0.2, -0.15) is 0 Å². The fraction of sp³-hybridized carbons (Fsp3) is 0.833. The van der Waals surface area contributed by atoms with E-state index in [4.69, 9.17) is 14.9 Å². The van der Waals surface area contributed by atoms with Crippen LogP contribution in [-0.2, 0) is 9.53 Å². The fourth-order valence-electron chi connectivity index (χ4n) is 2.12. The predicted molar refractivity (Wildman–Crippen MR) is 89.7 cm³/mol. The molecule has 0 amide bonds. The molecule has 4 nitrogen and oxygen atoms in total. The molecule has 0 fully saturated rings. The average molecular weight is 314 g/mol. The van der Waals surface area contributed by atoms with E-state index in [2.05, 4.69) is 19.1 Å². The van der Waals surface area contributed by atoms with Gasteiger partial charge < -0.3 is 14.9 Å². The van der Waals surface area contributed by atoms with Gasteiger partial charge in [0.25, 0.3) is 0 Å². The Kier molecular flexibility index (Phi) is 15.8. The highest BCUT2D eigenvalue weighted by atomic mass is 16.5. The molecule has 2 N–H and O–H groups in total. The van der Waals surface area contributed by atoms with E-state index in [1.165, 1.54) is 38.5 Å². The van der Waals surface area contributed by atoms with Gasteiger partial charge in [0.15, 0.2) is 0 Å². The van der Waals surface area contributed by atoms with Gasteiger partial charge in [-0.15, -0.1) is 0 Å². The molecule has 1 atom stereocenters. The maximum Gasteiger partial charge on any atom is 0.305 e. The molecule has 130 valence electrons. The molecule has 0 aromatic carbocycles. The van der Waals surface area contributed by atoms with E-state index in [9.17, 15) is 4.79 Å². The summed E-state index contributed by atoms with van der Waals surface area (Å²) in [6.45, 7) is 1.74. The molecular weight excluding hydrogens is 280 g/mol. The Morgan fingerprint density at radius 3 is 2.23 bits per heavy atom. The topological polar surface area (TPSA) is 66.8 Å². The van der Waals surface area contributed by atoms with E-state index in [0.29, 0.717) is 6.42 Å². The Labute approximate surface area is 135 Å².